The number of nitrogens with zero attached hydrogens (tertiary/aromatic N) is 4. The summed E-state index contributed by atoms with van der Waals surface area (Å²) >= 11 is 0. The molecule has 1 aromatic carbocycles. The number of aryl methyl sites for hydroxylation is 2. The van der Waals surface area contributed by atoms with Gasteiger partial charge in [0, 0.05) is 38.8 Å². The second kappa shape index (κ2) is 7.77. The molecule has 0 aliphatic carbocycles. The summed E-state index contributed by atoms with van der Waals surface area (Å²) in [5, 5.41) is 4.32. The molecule has 1 aromatic heterocycles. The Hall–Kier alpha value is -2.90. The second-order valence-corrected chi connectivity index (χ2v) is 6.48. The number of piperazine rings is 1. The van der Waals surface area contributed by atoms with Crippen molar-refractivity contribution in [2.75, 3.05) is 32.8 Å². The zero-order chi connectivity index (χ0) is 19.6. The number of halogens is 1. The second-order valence-electron chi connectivity index (χ2n) is 6.48. The molecule has 2 aromatic rings. The van der Waals surface area contributed by atoms with Crippen LogP contribution in [-0.2, 0) is 11.8 Å². The van der Waals surface area contributed by atoms with E-state index in [0.717, 1.165) is 11.3 Å². The van der Waals surface area contributed by atoms with E-state index in [0.29, 0.717) is 44.0 Å². The van der Waals surface area contributed by atoms with Crippen LogP contribution in [0.4, 0.5) is 9.18 Å². The van der Waals surface area contributed by atoms with Gasteiger partial charge in [-0.1, -0.05) is 0 Å². The molecule has 1 fully saturated rings. The SMILES string of the molecule is CCOC(=O)N1CCN(C(=O)c2cc(-c3ccc(F)c(C)c3)n(C)n2)CC1. The summed E-state index contributed by atoms with van der Waals surface area (Å²) in [5.41, 5.74) is 2.41. The molecule has 8 heteroatoms. The van der Waals surface area contributed by atoms with E-state index in [1.807, 2.05) is 0 Å². The largest absolute Gasteiger partial charge is 0.450 e. The molecule has 7 nitrogen and oxygen atoms in total. The lowest BCUT2D eigenvalue weighted by Gasteiger charge is -2.33. The Kier molecular flexibility index (Phi) is 5.43. The normalized spacial score (nSPS) is 14.4. The molecule has 0 radical (unpaired) electrons. The van der Waals surface area contributed by atoms with Gasteiger partial charge in [-0.15, -0.1) is 0 Å². The average Bonchev–Trinajstić information content (AvgIpc) is 3.05. The third kappa shape index (κ3) is 3.94. The number of benzene rings is 1. The minimum Gasteiger partial charge on any atom is -0.450 e. The highest BCUT2D eigenvalue weighted by Gasteiger charge is 2.27. The monoisotopic (exact) mass is 374 g/mol. The summed E-state index contributed by atoms with van der Waals surface area (Å²) in [6.07, 6.45) is -0.351. The number of ether oxygens (including phenoxy) is 1. The van der Waals surface area contributed by atoms with Crippen LogP contribution in [-0.4, -0.2) is 64.4 Å². The van der Waals surface area contributed by atoms with E-state index in [1.165, 1.54) is 6.07 Å². The highest BCUT2D eigenvalue weighted by molar-refractivity contribution is 5.93. The van der Waals surface area contributed by atoms with Gasteiger partial charge < -0.3 is 14.5 Å². The van der Waals surface area contributed by atoms with Crippen LogP contribution in [0.3, 0.4) is 0 Å². The van der Waals surface area contributed by atoms with E-state index in [9.17, 15) is 14.0 Å². The van der Waals surface area contributed by atoms with Gasteiger partial charge >= 0.3 is 6.09 Å². The molecule has 0 saturated carbocycles. The molecule has 144 valence electrons. The van der Waals surface area contributed by atoms with E-state index >= 15 is 0 Å². The Bertz CT molecular complexity index is 857. The van der Waals surface area contributed by atoms with E-state index in [2.05, 4.69) is 5.10 Å². The molecule has 0 N–H and O–H groups in total. The lowest BCUT2D eigenvalue weighted by Crippen LogP contribution is -2.50. The van der Waals surface area contributed by atoms with Crippen LogP contribution in [0.25, 0.3) is 11.3 Å². The first kappa shape index (κ1) is 18.9. The van der Waals surface area contributed by atoms with Gasteiger partial charge in [-0.25, -0.2) is 9.18 Å². The van der Waals surface area contributed by atoms with Crippen LogP contribution in [0.5, 0.6) is 0 Å². The van der Waals surface area contributed by atoms with Gasteiger partial charge in [0.1, 0.15) is 5.82 Å². The van der Waals surface area contributed by atoms with Crippen molar-refractivity contribution in [1.82, 2.24) is 19.6 Å². The molecule has 1 saturated heterocycles. The Labute approximate surface area is 157 Å². The molecular formula is C19H23FN4O3. The summed E-state index contributed by atoms with van der Waals surface area (Å²) in [6.45, 7) is 5.52. The maximum absolute atomic E-state index is 13.5. The Morgan fingerprint density at radius 3 is 2.44 bits per heavy atom. The number of aromatic nitrogens is 2. The molecule has 2 amide bonds. The number of rotatable bonds is 3. The Morgan fingerprint density at radius 2 is 1.81 bits per heavy atom. The molecule has 3 rings (SSSR count). The first-order chi connectivity index (χ1) is 12.9. The van der Waals surface area contributed by atoms with Crippen molar-refractivity contribution in [3.8, 4) is 11.3 Å². The number of hydrogen-bond donors (Lipinski definition) is 0. The van der Waals surface area contributed by atoms with E-state index in [-0.39, 0.29) is 17.8 Å². The molecule has 0 atom stereocenters. The van der Waals surface area contributed by atoms with E-state index in [4.69, 9.17) is 4.74 Å². The highest BCUT2D eigenvalue weighted by atomic mass is 19.1. The zero-order valence-electron chi connectivity index (χ0n) is 15.7. The van der Waals surface area contributed by atoms with Crippen LogP contribution < -0.4 is 0 Å². The molecule has 27 heavy (non-hydrogen) atoms. The molecular weight excluding hydrogens is 351 g/mol. The quantitative estimate of drug-likeness (QED) is 0.828. The van der Waals surface area contributed by atoms with Crippen molar-refractivity contribution in [1.29, 1.82) is 0 Å². The van der Waals surface area contributed by atoms with Crippen molar-refractivity contribution in [2.24, 2.45) is 7.05 Å². The molecule has 0 spiro atoms. The van der Waals surface area contributed by atoms with Crippen molar-refractivity contribution >= 4 is 12.0 Å². The first-order valence-electron chi connectivity index (χ1n) is 8.92. The number of carbonyl (C=O) groups excluding carboxylic acids is 2. The smallest absolute Gasteiger partial charge is 0.409 e. The van der Waals surface area contributed by atoms with Gasteiger partial charge in [-0.05, 0) is 43.7 Å². The third-order valence-corrected chi connectivity index (χ3v) is 4.65. The lowest BCUT2D eigenvalue weighted by atomic mass is 10.1. The number of amides is 2. The van der Waals surface area contributed by atoms with Crippen LogP contribution >= 0.6 is 0 Å². The molecule has 0 bridgehead atoms. The molecule has 0 unspecified atom stereocenters. The summed E-state index contributed by atoms with van der Waals surface area (Å²) < 4.78 is 20.1. The predicted octanol–water partition coefficient (Wildman–Crippen LogP) is 2.45. The summed E-state index contributed by atoms with van der Waals surface area (Å²) in [6, 6.07) is 6.53. The third-order valence-electron chi connectivity index (χ3n) is 4.65. The zero-order valence-corrected chi connectivity index (χ0v) is 15.7. The fraction of sp³-hybridized carbons (Fsp3) is 0.421. The van der Waals surface area contributed by atoms with Gasteiger partial charge in [-0.2, -0.15) is 5.10 Å². The molecule has 1 aliphatic rings. The molecule has 2 heterocycles. The summed E-state index contributed by atoms with van der Waals surface area (Å²) in [7, 11) is 1.75. The van der Waals surface area contributed by atoms with E-state index < -0.39 is 0 Å². The minimum atomic E-state index is -0.351. The summed E-state index contributed by atoms with van der Waals surface area (Å²) in [4.78, 5) is 27.8. The van der Waals surface area contributed by atoms with Gasteiger partial charge in [0.05, 0.1) is 12.3 Å². The molecule has 1 aliphatic heterocycles. The Balaban J connectivity index is 1.71. The fourth-order valence-electron chi connectivity index (χ4n) is 3.11. The minimum absolute atomic E-state index is 0.181. The standard InChI is InChI=1S/C19H23FN4O3/c1-4-27-19(26)24-9-7-23(8-10-24)18(25)16-12-17(22(3)21-16)14-5-6-15(20)13(2)11-14/h5-6,11-12H,4,7-10H2,1-3H3. The van der Waals surface area contributed by atoms with Crippen molar-refractivity contribution in [3.05, 3.63) is 41.3 Å². The topological polar surface area (TPSA) is 67.7 Å². The first-order valence-corrected chi connectivity index (χ1v) is 8.92. The fourth-order valence-corrected chi connectivity index (χ4v) is 3.11. The van der Waals surface area contributed by atoms with Gasteiger partial charge in [-0.3, -0.25) is 9.48 Å². The van der Waals surface area contributed by atoms with Crippen LogP contribution in [0.15, 0.2) is 24.3 Å². The average molecular weight is 374 g/mol. The van der Waals surface area contributed by atoms with Gasteiger partial charge in [0.2, 0.25) is 0 Å². The van der Waals surface area contributed by atoms with Crippen LogP contribution in [0.2, 0.25) is 0 Å². The van der Waals surface area contributed by atoms with Crippen molar-refractivity contribution in [2.45, 2.75) is 13.8 Å². The number of carbonyl (C=O) groups is 2. The van der Waals surface area contributed by atoms with Gasteiger partial charge in [0.15, 0.2) is 5.69 Å². The van der Waals surface area contributed by atoms with Crippen molar-refractivity contribution < 1.29 is 18.7 Å². The van der Waals surface area contributed by atoms with Crippen LogP contribution in [0.1, 0.15) is 23.0 Å². The van der Waals surface area contributed by atoms with E-state index in [1.54, 1.807) is 53.6 Å². The number of hydrogen-bond acceptors (Lipinski definition) is 4. The lowest BCUT2D eigenvalue weighted by molar-refractivity contribution is 0.0565. The maximum Gasteiger partial charge on any atom is 0.409 e. The van der Waals surface area contributed by atoms with Crippen LogP contribution in [0, 0.1) is 12.7 Å². The maximum atomic E-state index is 13.5. The Morgan fingerprint density at radius 1 is 1.15 bits per heavy atom. The highest BCUT2D eigenvalue weighted by Crippen LogP contribution is 2.23. The van der Waals surface area contributed by atoms with Crippen molar-refractivity contribution in [3.63, 3.8) is 0 Å². The summed E-state index contributed by atoms with van der Waals surface area (Å²) in [5.74, 6) is -0.448. The predicted molar refractivity (Wildman–Crippen MR) is 97.8 cm³/mol. The van der Waals surface area contributed by atoms with Gasteiger partial charge in [0.25, 0.3) is 5.91 Å².